The zero-order valence-corrected chi connectivity index (χ0v) is 17.2. The molecule has 1 saturated carbocycles. The summed E-state index contributed by atoms with van der Waals surface area (Å²) >= 11 is 0. The lowest BCUT2D eigenvalue weighted by atomic mass is 10.2. The van der Waals surface area contributed by atoms with Gasteiger partial charge in [-0.05, 0) is 48.6 Å². The van der Waals surface area contributed by atoms with E-state index in [9.17, 15) is 25.8 Å². The van der Waals surface area contributed by atoms with Gasteiger partial charge in [0.2, 0.25) is 5.89 Å². The number of alkyl halides is 3. The second-order valence-electron chi connectivity index (χ2n) is 6.94. The SMILES string of the molecule is CCS(=O)(=O)c1cc(C2CC2)cnc1-c1nc2cc(S(=N)(=O)C(F)(F)F)ccc2o1. The van der Waals surface area contributed by atoms with Gasteiger partial charge in [0.25, 0.3) is 0 Å². The highest BCUT2D eigenvalue weighted by Gasteiger charge is 2.43. The Morgan fingerprint density at radius 3 is 2.50 bits per heavy atom. The molecule has 4 rings (SSSR count). The fraction of sp³-hybridized carbons (Fsp3) is 0.333. The molecule has 0 saturated heterocycles. The number of sulfone groups is 1. The van der Waals surface area contributed by atoms with Gasteiger partial charge in [0.1, 0.15) is 11.2 Å². The van der Waals surface area contributed by atoms with E-state index in [4.69, 9.17) is 9.20 Å². The molecule has 1 aliphatic rings. The first-order valence-corrected chi connectivity index (χ1v) is 12.1. The minimum Gasteiger partial charge on any atom is -0.435 e. The average molecular weight is 459 g/mol. The number of rotatable bonds is 5. The predicted molar refractivity (Wildman–Crippen MR) is 102 cm³/mol. The van der Waals surface area contributed by atoms with Crippen LogP contribution in [0.15, 0.2) is 44.7 Å². The fourth-order valence-corrected chi connectivity index (χ4v) is 4.84. The maximum atomic E-state index is 12.9. The lowest BCUT2D eigenvalue weighted by Crippen LogP contribution is -2.21. The number of benzene rings is 1. The molecule has 0 radical (unpaired) electrons. The maximum Gasteiger partial charge on any atom is 0.483 e. The summed E-state index contributed by atoms with van der Waals surface area (Å²) in [7, 11) is -8.74. The molecule has 7 nitrogen and oxygen atoms in total. The summed E-state index contributed by atoms with van der Waals surface area (Å²) in [5.41, 5.74) is -4.51. The van der Waals surface area contributed by atoms with E-state index in [1.54, 1.807) is 12.3 Å². The van der Waals surface area contributed by atoms with Crippen molar-refractivity contribution >= 4 is 30.7 Å². The Labute approximate surface area is 170 Å². The number of oxazole rings is 1. The van der Waals surface area contributed by atoms with Gasteiger partial charge in [-0.3, -0.25) is 0 Å². The van der Waals surface area contributed by atoms with Gasteiger partial charge in [-0.15, -0.1) is 0 Å². The molecule has 1 fully saturated rings. The van der Waals surface area contributed by atoms with Crippen LogP contribution in [0.4, 0.5) is 13.2 Å². The highest BCUT2D eigenvalue weighted by molar-refractivity contribution is 7.93. The molecule has 2 aromatic heterocycles. The van der Waals surface area contributed by atoms with E-state index in [1.807, 2.05) is 0 Å². The quantitative estimate of drug-likeness (QED) is 0.601. The van der Waals surface area contributed by atoms with Crippen molar-refractivity contribution in [2.24, 2.45) is 0 Å². The Morgan fingerprint density at radius 1 is 1.20 bits per heavy atom. The first-order valence-electron chi connectivity index (χ1n) is 8.93. The van der Waals surface area contributed by atoms with Crippen LogP contribution in [0.3, 0.4) is 0 Å². The topological polar surface area (TPSA) is 114 Å². The Balaban J connectivity index is 1.86. The summed E-state index contributed by atoms with van der Waals surface area (Å²) in [5.74, 6) is -0.0942. The number of nitrogens with one attached hydrogen (secondary N) is 1. The molecule has 1 atom stereocenters. The van der Waals surface area contributed by atoms with Crippen molar-refractivity contribution in [2.45, 2.75) is 41.0 Å². The van der Waals surface area contributed by atoms with Crippen molar-refractivity contribution in [1.29, 1.82) is 4.78 Å². The molecular formula is C18H16F3N3O4S2. The minimum atomic E-state index is -5.24. The van der Waals surface area contributed by atoms with Gasteiger partial charge < -0.3 is 4.42 Å². The highest BCUT2D eigenvalue weighted by Crippen LogP contribution is 2.42. The average Bonchev–Trinajstić information content (AvgIpc) is 3.45. The molecule has 0 amide bonds. The van der Waals surface area contributed by atoms with Crippen molar-refractivity contribution in [3.63, 3.8) is 0 Å². The molecule has 12 heteroatoms. The van der Waals surface area contributed by atoms with Crippen molar-refractivity contribution in [3.8, 4) is 11.6 Å². The van der Waals surface area contributed by atoms with E-state index < -0.39 is 30.0 Å². The Hall–Kier alpha value is -2.47. The molecule has 30 heavy (non-hydrogen) atoms. The van der Waals surface area contributed by atoms with Crippen LogP contribution in [-0.4, -0.2) is 33.9 Å². The number of nitrogens with zero attached hydrogens (tertiary/aromatic N) is 2. The summed E-state index contributed by atoms with van der Waals surface area (Å²) in [6.45, 7) is 1.49. The van der Waals surface area contributed by atoms with E-state index in [0.717, 1.165) is 36.6 Å². The van der Waals surface area contributed by atoms with Crippen LogP contribution in [-0.2, 0) is 19.6 Å². The molecule has 0 spiro atoms. The second kappa shape index (κ2) is 6.77. The molecule has 2 heterocycles. The Morgan fingerprint density at radius 2 is 1.90 bits per heavy atom. The summed E-state index contributed by atoms with van der Waals surface area (Å²) < 4.78 is 88.6. The number of pyridine rings is 1. The molecule has 3 aromatic rings. The first kappa shape index (κ1) is 20.8. The number of fused-ring (bicyclic) bond motifs is 1. The van der Waals surface area contributed by atoms with Gasteiger partial charge in [-0.1, -0.05) is 6.92 Å². The van der Waals surface area contributed by atoms with Gasteiger partial charge in [0, 0.05) is 6.20 Å². The van der Waals surface area contributed by atoms with Gasteiger partial charge in [-0.2, -0.15) is 13.2 Å². The van der Waals surface area contributed by atoms with E-state index >= 15 is 0 Å². The highest BCUT2D eigenvalue weighted by atomic mass is 32.2. The lowest BCUT2D eigenvalue weighted by molar-refractivity contribution is -0.0406. The van der Waals surface area contributed by atoms with Gasteiger partial charge in [0.15, 0.2) is 25.1 Å². The maximum absolute atomic E-state index is 12.9. The lowest BCUT2D eigenvalue weighted by Gasteiger charge is -2.10. The van der Waals surface area contributed by atoms with Crippen LogP contribution in [0.1, 0.15) is 31.2 Å². The first-order chi connectivity index (χ1) is 13.9. The van der Waals surface area contributed by atoms with Crippen LogP contribution in [0.25, 0.3) is 22.7 Å². The van der Waals surface area contributed by atoms with E-state index in [0.29, 0.717) is 0 Å². The number of hydrogen-bond acceptors (Lipinski definition) is 7. The van der Waals surface area contributed by atoms with Crippen LogP contribution < -0.4 is 0 Å². The van der Waals surface area contributed by atoms with Gasteiger partial charge in [0.05, 0.1) is 15.5 Å². The summed E-state index contributed by atoms with van der Waals surface area (Å²) in [6, 6.07) is 4.40. The molecule has 1 N–H and O–H groups in total. The van der Waals surface area contributed by atoms with Crippen molar-refractivity contribution in [1.82, 2.24) is 9.97 Å². The summed E-state index contributed by atoms with van der Waals surface area (Å²) in [5, 5.41) is 0. The summed E-state index contributed by atoms with van der Waals surface area (Å²) in [6.07, 6.45) is 3.44. The van der Waals surface area contributed by atoms with Crippen LogP contribution >= 0.6 is 0 Å². The van der Waals surface area contributed by atoms with Gasteiger partial charge in [-0.25, -0.2) is 27.4 Å². The van der Waals surface area contributed by atoms with Crippen molar-refractivity contribution < 1.29 is 30.2 Å². The minimum absolute atomic E-state index is 0.0403. The number of hydrogen-bond donors (Lipinski definition) is 1. The third kappa shape index (κ3) is 3.47. The number of aromatic nitrogens is 2. The summed E-state index contributed by atoms with van der Waals surface area (Å²) in [4.78, 5) is 7.47. The Kier molecular flexibility index (Phi) is 4.69. The largest absolute Gasteiger partial charge is 0.483 e. The van der Waals surface area contributed by atoms with E-state index in [-0.39, 0.29) is 39.3 Å². The smallest absolute Gasteiger partial charge is 0.435 e. The fourth-order valence-electron chi connectivity index (χ4n) is 2.97. The molecule has 0 bridgehead atoms. The van der Waals surface area contributed by atoms with Gasteiger partial charge >= 0.3 is 5.51 Å². The molecule has 160 valence electrons. The van der Waals surface area contributed by atoms with E-state index in [2.05, 4.69) is 9.97 Å². The number of halogens is 3. The standard InChI is InChI=1S/C18H16F3N3O4S2/c1-2-29(25,26)15-7-11(10-3-4-10)9-23-16(15)17-24-13-8-12(5-6-14(13)28-17)30(22,27)18(19,20)21/h5-10,22H,2-4H2,1H3. The monoisotopic (exact) mass is 459 g/mol. The Bertz CT molecular complexity index is 1360. The predicted octanol–water partition coefficient (Wildman–Crippen LogP) is 4.49. The molecule has 1 unspecified atom stereocenters. The zero-order chi connectivity index (χ0) is 21.9. The second-order valence-corrected chi connectivity index (χ2v) is 11.2. The normalized spacial score (nSPS) is 17.2. The van der Waals surface area contributed by atoms with E-state index in [1.165, 1.54) is 6.92 Å². The zero-order valence-electron chi connectivity index (χ0n) is 15.6. The third-order valence-corrected chi connectivity index (χ3v) is 8.17. The van der Waals surface area contributed by atoms with Crippen molar-refractivity contribution in [2.75, 3.05) is 5.75 Å². The van der Waals surface area contributed by atoms with Crippen LogP contribution in [0.5, 0.6) is 0 Å². The molecule has 1 aromatic carbocycles. The molecule has 1 aliphatic carbocycles. The van der Waals surface area contributed by atoms with Crippen LogP contribution in [0, 0.1) is 4.78 Å². The van der Waals surface area contributed by atoms with Crippen LogP contribution in [0.2, 0.25) is 0 Å². The molecular weight excluding hydrogens is 443 g/mol. The third-order valence-electron chi connectivity index (χ3n) is 4.86. The molecule has 0 aliphatic heterocycles. The van der Waals surface area contributed by atoms with Crippen molar-refractivity contribution in [3.05, 3.63) is 36.0 Å².